The minimum Gasteiger partial charge on any atom is -0.489 e. The Morgan fingerprint density at radius 2 is 2.10 bits per heavy atom. The molecule has 1 aromatic carbocycles. The Morgan fingerprint density at radius 3 is 2.73 bits per heavy atom. The van der Waals surface area contributed by atoms with Crippen molar-refractivity contribution in [2.45, 2.75) is 39.2 Å². The van der Waals surface area contributed by atoms with E-state index in [9.17, 15) is 18.0 Å². The van der Waals surface area contributed by atoms with E-state index in [1.807, 2.05) is 26.0 Å². The summed E-state index contributed by atoms with van der Waals surface area (Å²) in [7, 11) is -1.44. The highest BCUT2D eigenvalue weighted by Gasteiger charge is 2.32. The molecule has 1 aliphatic rings. The number of carbonyl (C=O) groups is 1. The number of fused-ring (bicyclic) bond motifs is 1. The van der Waals surface area contributed by atoms with Gasteiger partial charge < -0.3 is 14.1 Å². The normalized spacial score (nSPS) is 17.8. The van der Waals surface area contributed by atoms with Gasteiger partial charge in [0.1, 0.15) is 17.9 Å². The van der Waals surface area contributed by atoms with E-state index in [0.717, 1.165) is 16.5 Å². The molecule has 0 N–H and O–H groups in total. The molecule has 0 bridgehead atoms. The van der Waals surface area contributed by atoms with E-state index in [4.69, 9.17) is 9.15 Å². The van der Waals surface area contributed by atoms with Crippen LogP contribution in [0.3, 0.4) is 0 Å². The quantitative estimate of drug-likeness (QED) is 0.492. The Morgan fingerprint density at radius 1 is 1.37 bits per heavy atom. The topological polar surface area (TPSA) is 93.9 Å². The molecule has 0 saturated carbocycles. The van der Waals surface area contributed by atoms with Crippen molar-refractivity contribution in [3.63, 3.8) is 0 Å². The molecule has 0 radical (unpaired) electrons. The molecular formula is C22H27NO6S. The largest absolute Gasteiger partial charge is 0.489 e. The van der Waals surface area contributed by atoms with Crippen molar-refractivity contribution < 1.29 is 22.4 Å². The number of sulfone groups is 1. The van der Waals surface area contributed by atoms with Gasteiger partial charge in [0.2, 0.25) is 5.91 Å². The number of rotatable bonds is 7. The van der Waals surface area contributed by atoms with E-state index < -0.39 is 15.5 Å². The molecule has 162 valence electrons. The Balaban J connectivity index is 1.74. The number of ether oxygens (including phenoxy) is 1. The smallest absolute Gasteiger partial charge is 0.339 e. The lowest BCUT2D eigenvalue weighted by Crippen LogP contribution is -2.38. The number of nitrogens with zero attached hydrogens (tertiary/aromatic N) is 1. The first-order valence-corrected chi connectivity index (χ1v) is 11.7. The summed E-state index contributed by atoms with van der Waals surface area (Å²) in [6, 6.07) is 5.02. The summed E-state index contributed by atoms with van der Waals surface area (Å²) in [5.41, 5.74) is 2.06. The summed E-state index contributed by atoms with van der Waals surface area (Å²) in [6.07, 6.45) is 0.808. The molecule has 1 aromatic heterocycles. The molecule has 2 aromatic rings. The third-order valence-corrected chi connectivity index (χ3v) is 7.23. The summed E-state index contributed by atoms with van der Waals surface area (Å²) < 4.78 is 34.4. The average molecular weight is 434 g/mol. The van der Waals surface area contributed by atoms with Gasteiger partial charge in [-0.15, -0.1) is 0 Å². The first kappa shape index (κ1) is 22.1. The minimum absolute atomic E-state index is 0.00215. The minimum atomic E-state index is -3.07. The molecular weight excluding hydrogens is 406 g/mol. The summed E-state index contributed by atoms with van der Waals surface area (Å²) >= 11 is 0. The third-order valence-electron chi connectivity index (χ3n) is 5.48. The molecule has 1 fully saturated rings. The summed E-state index contributed by atoms with van der Waals surface area (Å²) in [5.74, 6) is 0.520. The van der Waals surface area contributed by atoms with Crippen molar-refractivity contribution in [1.29, 1.82) is 0 Å². The zero-order valence-electron chi connectivity index (χ0n) is 17.6. The molecule has 3 rings (SSSR count). The van der Waals surface area contributed by atoms with Gasteiger partial charge in [0.25, 0.3) is 0 Å². The molecule has 2 heterocycles. The maximum atomic E-state index is 12.5. The van der Waals surface area contributed by atoms with Gasteiger partial charge in [0, 0.05) is 36.5 Å². The zero-order chi connectivity index (χ0) is 22.1. The van der Waals surface area contributed by atoms with Crippen LogP contribution in [0.15, 0.2) is 39.6 Å². The lowest BCUT2D eigenvalue weighted by molar-refractivity contribution is -0.131. The second kappa shape index (κ2) is 8.63. The van der Waals surface area contributed by atoms with Crippen LogP contribution in [0, 0.1) is 6.92 Å². The summed E-state index contributed by atoms with van der Waals surface area (Å²) in [6.45, 7) is 7.87. The van der Waals surface area contributed by atoms with Gasteiger partial charge in [-0.3, -0.25) is 4.79 Å². The number of hydrogen-bond donors (Lipinski definition) is 0. The highest BCUT2D eigenvalue weighted by molar-refractivity contribution is 7.91. The molecule has 0 unspecified atom stereocenters. The second-order valence-corrected chi connectivity index (χ2v) is 10.2. The van der Waals surface area contributed by atoms with Crippen molar-refractivity contribution in [2.75, 3.05) is 25.2 Å². The monoisotopic (exact) mass is 433 g/mol. The summed E-state index contributed by atoms with van der Waals surface area (Å²) in [4.78, 5) is 26.6. The van der Waals surface area contributed by atoms with Crippen LogP contribution in [0.25, 0.3) is 11.0 Å². The maximum Gasteiger partial charge on any atom is 0.339 e. The predicted molar refractivity (Wildman–Crippen MR) is 116 cm³/mol. The molecule has 1 aliphatic heterocycles. The Labute approximate surface area is 176 Å². The van der Waals surface area contributed by atoms with Crippen molar-refractivity contribution in [2.24, 2.45) is 0 Å². The van der Waals surface area contributed by atoms with Crippen molar-refractivity contribution in [3.05, 3.63) is 51.9 Å². The van der Waals surface area contributed by atoms with Gasteiger partial charge in [0.05, 0.1) is 11.5 Å². The Kier molecular flexibility index (Phi) is 6.36. The van der Waals surface area contributed by atoms with E-state index in [2.05, 4.69) is 6.58 Å². The van der Waals surface area contributed by atoms with Crippen LogP contribution >= 0.6 is 0 Å². The SMILES string of the molecule is C=C(C)COc1ccc2c(C)c(CCC(=O)N(C)[C@@H]3CCS(=O)(=O)C3)c(=O)oc2c1. The average Bonchev–Trinajstić information content (AvgIpc) is 3.04. The van der Waals surface area contributed by atoms with E-state index in [1.165, 1.54) is 4.90 Å². The first-order valence-electron chi connectivity index (χ1n) is 9.87. The lowest BCUT2D eigenvalue weighted by atomic mass is 10.0. The van der Waals surface area contributed by atoms with E-state index in [-0.39, 0.29) is 36.3 Å². The molecule has 1 saturated heterocycles. The van der Waals surface area contributed by atoms with Crippen LogP contribution in [0.1, 0.15) is 30.9 Å². The molecule has 0 spiro atoms. The fourth-order valence-electron chi connectivity index (χ4n) is 3.65. The molecule has 8 heteroatoms. The van der Waals surface area contributed by atoms with E-state index in [1.54, 1.807) is 13.1 Å². The standard InChI is InChI=1S/C22H27NO6S/c1-14(2)12-28-17-5-6-18-15(3)19(22(25)29-20(18)11-17)7-8-21(24)23(4)16-9-10-30(26,27)13-16/h5-6,11,16H,1,7-10,12-13H2,2-4H3/t16-/m1/s1. The van der Waals surface area contributed by atoms with Gasteiger partial charge >= 0.3 is 5.63 Å². The highest BCUT2D eigenvalue weighted by Crippen LogP contribution is 2.25. The summed E-state index contributed by atoms with van der Waals surface area (Å²) in [5, 5.41) is 0.787. The van der Waals surface area contributed by atoms with Gasteiger partial charge in [-0.05, 0) is 50.0 Å². The lowest BCUT2D eigenvalue weighted by Gasteiger charge is -2.23. The fourth-order valence-corrected chi connectivity index (χ4v) is 5.43. The number of amides is 1. The maximum absolute atomic E-state index is 12.5. The predicted octanol–water partition coefficient (Wildman–Crippen LogP) is 2.63. The second-order valence-electron chi connectivity index (χ2n) is 7.96. The van der Waals surface area contributed by atoms with Crippen LogP contribution in [0.2, 0.25) is 0 Å². The van der Waals surface area contributed by atoms with Crippen LogP contribution in [0.4, 0.5) is 0 Å². The van der Waals surface area contributed by atoms with Crippen LogP contribution < -0.4 is 10.4 Å². The number of carbonyl (C=O) groups excluding carboxylic acids is 1. The van der Waals surface area contributed by atoms with E-state index >= 15 is 0 Å². The van der Waals surface area contributed by atoms with Crippen LogP contribution in [-0.2, 0) is 21.1 Å². The molecule has 30 heavy (non-hydrogen) atoms. The van der Waals surface area contributed by atoms with Gasteiger partial charge in [-0.1, -0.05) is 6.58 Å². The van der Waals surface area contributed by atoms with Crippen LogP contribution in [-0.4, -0.2) is 50.4 Å². The molecule has 0 aliphatic carbocycles. The fraction of sp³-hybridized carbons (Fsp3) is 0.455. The number of aryl methyl sites for hydroxylation is 1. The van der Waals surface area contributed by atoms with Crippen LogP contribution in [0.5, 0.6) is 5.75 Å². The van der Waals surface area contributed by atoms with Gasteiger partial charge in [-0.2, -0.15) is 0 Å². The molecule has 1 amide bonds. The highest BCUT2D eigenvalue weighted by atomic mass is 32.2. The number of hydrogen-bond acceptors (Lipinski definition) is 6. The van der Waals surface area contributed by atoms with Crippen molar-refractivity contribution in [3.8, 4) is 5.75 Å². The first-order chi connectivity index (χ1) is 14.1. The Hall–Kier alpha value is -2.61. The van der Waals surface area contributed by atoms with Gasteiger partial charge in [0.15, 0.2) is 9.84 Å². The van der Waals surface area contributed by atoms with E-state index in [0.29, 0.717) is 29.9 Å². The molecule has 1 atom stereocenters. The van der Waals surface area contributed by atoms with Crippen molar-refractivity contribution in [1.82, 2.24) is 4.90 Å². The zero-order valence-corrected chi connectivity index (χ0v) is 18.4. The van der Waals surface area contributed by atoms with Crippen molar-refractivity contribution >= 4 is 26.7 Å². The third kappa shape index (κ3) is 4.92. The Bertz CT molecular complexity index is 1150. The molecule has 7 nitrogen and oxygen atoms in total. The van der Waals surface area contributed by atoms with Gasteiger partial charge in [-0.25, -0.2) is 13.2 Å². The number of benzene rings is 1.